The topological polar surface area (TPSA) is 121 Å². The van der Waals surface area contributed by atoms with E-state index < -0.39 is 11.9 Å². The smallest absolute Gasteiger partial charge is 0.342 e. The fourth-order valence-corrected chi connectivity index (χ4v) is 7.75. The second-order valence-corrected chi connectivity index (χ2v) is 14.7. The number of benzene rings is 6. The maximum absolute atomic E-state index is 13.1. The molecule has 0 aliphatic heterocycles. The second kappa shape index (κ2) is 21.3. The third-order valence-electron chi connectivity index (χ3n) is 10.6. The molecule has 0 saturated heterocycles. The summed E-state index contributed by atoms with van der Waals surface area (Å²) in [6.45, 7) is 5.03. The molecular weight excluding hydrogens is 791 g/mol. The Balaban J connectivity index is 0.000000189. The summed E-state index contributed by atoms with van der Waals surface area (Å²) in [5, 5.41) is 13.3. The van der Waals surface area contributed by atoms with Crippen LogP contribution in [0.5, 0.6) is 11.5 Å². The van der Waals surface area contributed by atoms with Crippen LogP contribution in [0.3, 0.4) is 0 Å². The van der Waals surface area contributed by atoms with Gasteiger partial charge in [0.25, 0.3) is 0 Å². The minimum absolute atomic E-state index is 0.0873. The fraction of sp³-hybridized carbons (Fsp3) is 0.185. The molecular formula is C54H49NO8. The molecule has 0 aromatic heterocycles. The summed E-state index contributed by atoms with van der Waals surface area (Å²) < 4.78 is 22.3. The summed E-state index contributed by atoms with van der Waals surface area (Å²) in [6, 6.07) is 50.6. The van der Waals surface area contributed by atoms with Gasteiger partial charge in [-0.25, -0.2) is 9.59 Å². The van der Waals surface area contributed by atoms with E-state index in [1.54, 1.807) is 19.9 Å². The second-order valence-electron chi connectivity index (χ2n) is 14.7. The van der Waals surface area contributed by atoms with Gasteiger partial charge in [0.15, 0.2) is 0 Å². The Labute approximate surface area is 367 Å². The monoisotopic (exact) mass is 839 g/mol. The van der Waals surface area contributed by atoms with Crippen LogP contribution in [0.25, 0.3) is 11.1 Å². The molecule has 2 aliphatic rings. The summed E-state index contributed by atoms with van der Waals surface area (Å²) in [7, 11) is 0. The number of ether oxygens (including phenoxy) is 4. The first-order chi connectivity index (χ1) is 30.9. The lowest BCUT2D eigenvalue weighted by molar-refractivity contribution is -0.138. The van der Waals surface area contributed by atoms with Crippen LogP contribution in [0.1, 0.15) is 76.0 Å². The highest BCUT2D eigenvalue weighted by molar-refractivity contribution is 6.37. The van der Waals surface area contributed by atoms with Gasteiger partial charge in [-0.3, -0.25) is 4.79 Å². The van der Waals surface area contributed by atoms with Crippen LogP contribution in [0, 0.1) is 0 Å². The number of carbonyl (C=O) groups is 3. The molecule has 0 fully saturated rings. The van der Waals surface area contributed by atoms with Crippen LogP contribution in [-0.2, 0) is 31.9 Å². The molecule has 318 valence electrons. The summed E-state index contributed by atoms with van der Waals surface area (Å²) in [6.07, 6.45) is 3.61. The van der Waals surface area contributed by atoms with Crippen molar-refractivity contribution in [1.29, 1.82) is 0 Å². The number of esters is 2. The van der Waals surface area contributed by atoms with Crippen LogP contribution < -0.4 is 9.47 Å². The molecule has 0 saturated carbocycles. The largest absolute Gasteiger partial charge is 0.494 e. The molecule has 9 heteroatoms. The average molecular weight is 840 g/mol. The highest BCUT2D eigenvalue weighted by Gasteiger charge is 2.37. The third kappa shape index (κ3) is 10.3. The Bertz CT molecular complexity index is 2640. The molecule has 6 aromatic rings. The first kappa shape index (κ1) is 43.6. The van der Waals surface area contributed by atoms with Crippen LogP contribution in [0.4, 0.5) is 0 Å². The normalized spacial score (nSPS) is 13.2. The number of carbonyl (C=O) groups excluding carboxylic acids is 3. The van der Waals surface area contributed by atoms with E-state index in [-0.39, 0.29) is 35.9 Å². The number of aryl methyl sites for hydroxylation is 2. The Morgan fingerprint density at radius 2 is 0.921 bits per heavy atom. The molecule has 6 aromatic carbocycles. The van der Waals surface area contributed by atoms with E-state index in [4.69, 9.17) is 18.9 Å². The molecule has 0 radical (unpaired) electrons. The Kier molecular flexibility index (Phi) is 14.7. The standard InChI is InChI=1S/C27H25NO4.C27H24O4/c1-2-31-27(29)25-24(20-13-7-4-8-14-20)22-16-15-21(18-23(22)26(25)28-30)32-17-9-12-19-10-5-3-6-11-19;1-2-30-27(29)25-24(20-13-7-4-8-14-20)22-16-15-21(18-23(22)26(25)28)31-17-9-12-19-10-5-3-6-11-19/h3-8,10-11,13-16,18,30H,2,9,12,17H2,1H3;3-8,10-11,13-16,18H,2,9,12,17H2,1H3. The molecule has 0 spiro atoms. The molecule has 1 N–H and O–H groups in total. The van der Waals surface area contributed by atoms with Gasteiger partial charge >= 0.3 is 11.9 Å². The van der Waals surface area contributed by atoms with Gasteiger partial charge in [0.1, 0.15) is 22.8 Å². The number of hydrogen-bond donors (Lipinski definition) is 1. The average Bonchev–Trinajstić information content (AvgIpc) is 3.82. The summed E-state index contributed by atoms with van der Waals surface area (Å²) >= 11 is 0. The quantitative estimate of drug-likeness (QED) is 0.0336. The van der Waals surface area contributed by atoms with E-state index in [9.17, 15) is 19.6 Å². The van der Waals surface area contributed by atoms with E-state index in [0.717, 1.165) is 47.9 Å². The van der Waals surface area contributed by atoms with Gasteiger partial charge in [0, 0.05) is 22.3 Å². The molecule has 8 rings (SSSR count). The van der Waals surface area contributed by atoms with Gasteiger partial charge in [-0.05, 0) is 109 Å². The number of nitrogens with zero attached hydrogens (tertiary/aromatic N) is 1. The predicted molar refractivity (Wildman–Crippen MR) is 244 cm³/mol. The van der Waals surface area contributed by atoms with Gasteiger partial charge in [-0.2, -0.15) is 0 Å². The highest BCUT2D eigenvalue weighted by atomic mass is 16.5. The van der Waals surface area contributed by atoms with Gasteiger partial charge in [0.2, 0.25) is 5.78 Å². The molecule has 63 heavy (non-hydrogen) atoms. The fourth-order valence-electron chi connectivity index (χ4n) is 7.75. The van der Waals surface area contributed by atoms with E-state index in [1.165, 1.54) is 11.1 Å². The SMILES string of the molecule is CCOC(=O)C1=C(c2ccccc2)c2ccc(OCCCc3ccccc3)cc2C1=NO.CCOC(=O)C1=C(c2ccccc2)c2ccc(OCCCc3ccccc3)cc2C1=O. The number of rotatable bonds is 16. The number of hydrogen-bond acceptors (Lipinski definition) is 9. The van der Waals surface area contributed by atoms with Crippen molar-refractivity contribution in [2.45, 2.75) is 39.5 Å². The van der Waals surface area contributed by atoms with E-state index in [0.29, 0.717) is 47.0 Å². The number of Topliss-reactive ketones (excluding diaryl/α,β-unsaturated/α-hetero) is 1. The van der Waals surface area contributed by atoms with Crippen molar-refractivity contribution in [3.8, 4) is 11.5 Å². The molecule has 0 bridgehead atoms. The molecule has 0 heterocycles. The highest BCUT2D eigenvalue weighted by Crippen LogP contribution is 2.41. The minimum atomic E-state index is -0.590. The Morgan fingerprint density at radius 1 is 0.508 bits per heavy atom. The lowest BCUT2D eigenvalue weighted by atomic mass is 9.97. The maximum atomic E-state index is 13.1. The van der Waals surface area contributed by atoms with Crippen LogP contribution >= 0.6 is 0 Å². The van der Waals surface area contributed by atoms with Crippen LogP contribution in [-0.4, -0.2) is 55.1 Å². The Morgan fingerprint density at radius 3 is 1.38 bits per heavy atom. The third-order valence-corrected chi connectivity index (χ3v) is 10.6. The molecule has 2 aliphatic carbocycles. The van der Waals surface area contributed by atoms with Crippen molar-refractivity contribution in [3.05, 3.63) is 213 Å². The van der Waals surface area contributed by atoms with E-state index >= 15 is 0 Å². The molecule has 0 amide bonds. The number of ketones is 1. The zero-order valence-corrected chi connectivity index (χ0v) is 35.4. The first-order valence-corrected chi connectivity index (χ1v) is 21.2. The number of fused-ring (bicyclic) bond motifs is 2. The summed E-state index contributed by atoms with van der Waals surface area (Å²) in [4.78, 5) is 38.6. The number of oxime groups is 1. The zero-order chi connectivity index (χ0) is 44.0. The molecule has 0 atom stereocenters. The zero-order valence-electron chi connectivity index (χ0n) is 35.4. The van der Waals surface area contributed by atoms with Crippen LogP contribution in [0.2, 0.25) is 0 Å². The Hall–Kier alpha value is -7.52. The van der Waals surface area contributed by atoms with Crippen LogP contribution in [0.15, 0.2) is 174 Å². The van der Waals surface area contributed by atoms with Crippen molar-refractivity contribution >= 4 is 34.6 Å². The van der Waals surface area contributed by atoms with Crippen molar-refractivity contribution < 1.29 is 38.5 Å². The summed E-state index contributed by atoms with van der Waals surface area (Å²) in [5.74, 6) is -0.135. The lowest BCUT2D eigenvalue weighted by Gasteiger charge is -2.10. The van der Waals surface area contributed by atoms with E-state index in [1.807, 2.05) is 127 Å². The van der Waals surface area contributed by atoms with Crippen molar-refractivity contribution in [3.63, 3.8) is 0 Å². The lowest BCUT2D eigenvalue weighted by Crippen LogP contribution is -2.15. The van der Waals surface area contributed by atoms with Crippen molar-refractivity contribution in [2.24, 2.45) is 5.16 Å². The maximum Gasteiger partial charge on any atom is 0.342 e. The van der Waals surface area contributed by atoms with E-state index in [2.05, 4.69) is 29.4 Å². The van der Waals surface area contributed by atoms with Crippen molar-refractivity contribution in [1.82, 2.24) is 0 Å². The van der Waals surface area contributed by atoms with Crippen molar-refractivity contribution in [2.75, 3.05) is 26.4 Å². The van der Waals surface area contributed by atoms with Gasteiger partial charge < -0.3 is 24.2 Å². The predicted octanol–water partition coefficient (Wildman–Crippen LogP) is 10.5. The molecule has 0 unspecified atom stereocenters. The van der Waals surface area contributed by atoms with Gasteiger partial charge in [-0.1, -0.05) is 126 Å². The first-order valence-electron chi connectivity index (χ1n) is 21.2. The van der Waals surface area contributed by atoms with Gasteiger partial charge in [0.05, 0.1) is 32.0 Å². The minimum Gasteiger partial charge on any atom is -0.494 e. The summed E-state index contributed by atoms with van der Waals surface area (Å²) in [5.41, 5.74) is 8.74. The molecule has 9 nitrogen and oxygen atoms in total. The van der Waals surface area contributed by atoms with Gasteiger partial charge in [-0.15, -0.1) is 0 Å².